The van der Waals surface area contributed by atoms with Gasteiger partial charge in [0.1, 0.15) is 11.6 Å². The Bertz CT molecular complexity index is 835. The van der Waals surface area contributed by atoms with Gasteiger partial charge in [-0.2, -0.15) is 5.26 Å². The molecule has 0 spiro atoms. The molecular weight excluding hydrogens is 335 g/mol. The second-order valence-electron chi connectivity index (χ2n) is 5.24. The Labute approximate surface area is 143 Å². The highest BCUT2D eigenvalue weighted by Crippen LogP contribution is 2.46. The molecule has 0 amide bonds. The predicted molar refractivity (Wildman–Crippen MR) is 88.3 cm³/mol. The summed E-state index contributed by atoms with van der Waals surface area (Å²) in [7, 11) is 0. The van der Waals surface area contributed by atoms with E-state index >= 15 is 0 Å². The van der Waals surface area contributed by atoms with Crippen molar-refractivity contribution >= 4 is 23.2 Å². The van der Waals surface area contributed by atoms with Crippen LogP contribution >= 0.6 is 23.2 Å². The molecule has 0 saturated heterocycles. The van der Waals surface area contributed by atoms with Gasteiger partial charge >= 0.3 is 0 Å². The molecule has 2 heterocycles. The number of nitrogens with zero attached hydrogens (tertiary/aromatic N) is 2. The van der Waals surface area contributed by atoms with Crippen LogP contribution in [0, 0.1) is 11.3 Å². The number of nitrogens with one attached hydrogen (secondary N) is 1. The van der Waals surface area contributed by atoms with Crippen molar-refractivity contribution in [2.45, 2.75) is 25.7 Å². The summed E-state index contributed by atoms with van der Waals surface area (Å²) >= 11 is 12.5. The number of ether oxygens (including phenoxy) is 1. The van der Waals surface area contributed by atoms with E-state index in [1.54, 1.807) is 12.1 Å². The topological polar surface area (TPSA) is 87.7 Å². The third kappa shape index (κ3) is 2.54. The number of nitrogens with two attached hydrogens (primary N) is 1. The zero-order valence-electron chi connectivity index (χ0n) is 12.4. The molecule has 1 atom stereocenters. The maximum absolute atomic E-state index is 9.56. The molecule has 0 aliphatic carbocycles. The SMILES string of the molecule is CCCc1[nH]nc2c1[C@@H](c1cccc(Cl)c1Cl)C(C#N)=C(N)O2. The van der Waals surface area contributed by atoms with Crippen LogP contribution in [0.3, 0.4) is 0 Å². The van der Waals surface area contributed by atoms with Crippen LogP contribution < -0.4 is 10.5 Å². The van der Waals surface area contributed by atoms with E-state index in [0.29, 0.717) is 27.1 Å². The highest BCUT2D eigenvalue weighted by Gasteiger charge is 2.36. The molecule has 2 aromatic rings. The summed E-state index contributed by atoms with van der Waals surface area (Å²) in [6.07, 6.45) is 1.70. The van der Waals surface area contributed by atoms with Crippen LogP contribution in [0.2, 0.25) is 10.0 Å². The molecule has 5 nitrogen and oxygen atoms in total. The van der Waals surface area contributed by atoms with E-state index in [1.165, 1.54) is 0 Å². The summed E-state index contributed by atoms with van der Waals surface area (Å²) in [6.45, 7) is 2.06. The molecule has 1 aliphatic heterocycles. The molecule has 0 saturated carbocycles. The maximum Gasteiger partial charge on any atom is 0.244 e. The van der Waals surface area contributed by atoms with Gasteiger partial charge in [-0.15, -0.1) is 5.10 Å². The van der Waals surface area contributed by atoms with Crippen LogP contribution in [-0.2, 0) is 6.42 Å². The lowest BCUT2D eigenvalue weighted by atomic mass is 9.83. The molecule has 3 rings (SSSR count). The number of hydrogen-bond acceptors (Lipinski definition) is 4. The van der Waals surface area contributed by atoms with Crippen LogP contribution in [0.4, 0.5) is 0 Å². The third-order valence-electron chi connectivity index (χ3n) is 3.81. The number of allylic oxidation sites excluding steroid dienone is 1. The number of H-pyrrole nitrogens is 1. The number of aromatic nitrogens is 2. The van der Waals surface area contributed by atoms with Gasteiger partial charge in [0.05, 0.1) is 21.5 Å². The van der Waals surface area contributed by atoms with Crippen molar-refractivity contribution in [3.05, 3.63) is 56.5 Å². The molecule has 1 aliphatic rings. The number of rotatable bonds is 3. The lowest BCUT2D eigenvalue weighted by molar-refractivity contribution is 0.378. The quantitative estimate of drug-likeness (QED) is 0.880. The van der Waals surface area contributed by atoms with Gasteiger partial charge in [0, 0.05) is 5.69 Å². The average Bonchev–Trinajstić information content (AvgIpc) is 2.92. The first kappa shape index (κ1) is 15.7. The van der Waals surface area contributed by atoms with Crippen molar-refractivity contribution in [1.29, 1.82) is 5.26 Å². The van der Waals surface area contributed by atoms with Crippen LogP contribution in [0.1, 0.15) is 36.1 Å². The van der Waals surface area contributed by atoms with Crippen LogP contribution in [0.25, 0.3) is 0 Å². The Hall–Kier alpha value is -2.16. The van der Waals surface area contributed by atoms with Gasteiger partial charge in [0.25, 0.3) is 0 Å². The van der Waals surface area contributed by atoms with Crippen molar-refractivity contribution in [3.8, 4) is 11.9 Å². The van der Waals surface area contributed by atoms with Crippen LogP contribution in [0.15, 0.2) is 29.7 Å². The molecule has 3 N–H and O–H groups in total. The minimum atomic E-state index is -0.449. The summed E-state index contributed by atoms with van der Waals surface area (Å²) in [5, 5.41) is 17.5. The monoisotopic (exact) mass is 348 g/mol. The molecule has 0 unspecified atom stereocenters. The van der Waals surface area contributed by atoms with Crippen molar-refractivity contribution in [3.63, 3.8) is 0 Å². The lowest BCUT2D eigenvalue weighted by Gasteiger charge is -2.25. The Balaban J connectivity index is 2.26. The minimum Gasteiger partial charge on any atom is -0.420 e. The second kappa shape index (κ2) is 6.15. The van der Waals surface area contributed by atoms with E-state index in [1.807, 2.05) is 6.07 Å². The second-order valence-corrected chi connectivity index (χ2v) is 6.02. The Morgan fingerprint density at radius 2 is 2.22 bits per heavy atom. The Morgan fingerprint density at radius 1 is 1.43 bits per heavy atom. The summed E-state index contributed by atoms with van der Waals surface area (Å²) < 4.78 is 5.50. The first-order valence-corrected chi connectivity index (χ1v) is 7.92. The van der Waals surface area contributed by atoms with Gasteiger partial charge in [-0.25, -0.2) is 0 Å². The summed E-state index contributed by atoms with van der Waals surface area (Å²) in [6, 6.07) is 7.47. The Morgan fingerprint density at radius 3 is 2.91 bits per heavy atom. The summed E-state index contributed by atoms with van der Waals surface area (Å²) in [4.78, 5) is 0. The van der Waals surface area contributed by atoms with Gasteiger partial charge < -0.3 is 10.5 Å². The van der Waals surface area contributed by atoms with Crippen molar-refractivity contribution < 1.29 is 4.74 Å². The van der Waals surface area contributed by atoms with Gasteiger partial charge in [-0.1, -0.05) is 48.7 Å². The van der Waals surface area contributed by atoms with E-state index in [2.05, 4.69) is 23.2 Å². The fourth-order valence-corrected chi connectivity index (χ4v) is 3.22. The third-order valence-corrected chi connectivity index (χ3v) is 4.64. The molecule has 1 aromatic heterocycles. The molecule has 0 bridgehead atoms. The molecule has 0 radical (unpaired) electrons. The molecule has 1 aromatic carbocycles. The normalized spacial score (nSPS) is 16.7. The van der Waals surface area contributed by atoms with Gasteiger partial charge in [-0.05, 0) is 18.1 Å². The van der Waals surface area contributed by atoms with Crippen LogP contribution in [-0.4, -0.2) is 10.2 Å². The molecular formula is C16H14Cl2N4O. The fourth-order valence-electron chi connectivity index (χ4n) is 2.80. The van der Waals surface area contributed by atoms with Crippen molar-refractivity contribution in [2.24, 2.45) is 5.73 Å². The zero-order valence-corrected chi connectivity index (χ0v) is 13.9. The van der Waals surface area contributed by atoms with Crippen LogP contribution in [0.5, 0.6) is 5.88 Å². The first-order valence-electron chi connectivity index (χ1n) is 7.17. The number of benzene rings is 1. The molecule has 118 valence electrons. The fraction of sp³-hybridized carbons (Fsp3) is 0.250. The van der Waals surface area contributed by atoms with Crippen molar-refractivity contribution in [1.82, 2.24) is 10.2 Å². The van der Waals surface area contributed by atoms with E-state index < -0.39 is 5.92 Å². The lowest BCUT2D eigenvalue weighted by Crippen LogP contribution is -2.21. The molecule has 23 heavy (non-hydrogen) atoms. The highest BCUT2D eigenvalue weighted by molar-refractivity contribution is 6.42. The maximum atomic E-state index is 9.56. The number of aryl methyl sites for hydroxylation is 1. The van der Waals surface area contributed by atoms with E-state index in [-0.39, 0.29) is 5.88 Å². The van der Waals surface area contributed by atoms with E-state index in [0.717, 1.165) is 24.1 Å². The summed E-state index contributed by atoms with van der Waals surface area (Å²) in [5.41, 5.74) is 8.62. The average molecular weight is 349 g/mol. The predicted octanol–water partition coefficient (Wildman–Crippen LogP) is 3.89. The number of aromatic amines is 1. The largest absolute Gasteiger partial charge is 0.420 e. The number of fused-ring (bicyclic) bond motifs is 1. The van der Waals surface area contributed by atoms with Gasteiger partial charge in [0.2, 0.25) is 11.8 Å². The van der Waals surface area contributed by atoms with E-state index in [4.69, 9.17) is 33.7 Å². The molecule has 0 fully saturated rings. The zero-order chi connectivity index (χ0) is 16.6. The smallest absolute Gasteiger partial charge is 0.244 e. The number of nitriles is 1. The first-order chi connectivity index (χ1) is 11.1. The highest BCUT2D eigenvalue weighted by atomic mass is 35.5. The minimum absolute atomic E-state index is 0.0376. The Kier molecular flexibility index (Phi) is 4.20. The van der Waals surface area contributed by atoms with Crippen molar-refractivity contribution in [2.75, 3.05) is 0 Å². The van der Waals surface area contributed by atoms with Gasteiger partial charge in [0.15, 0.2) is 0 Å². The van der Waals surface area contributed by atoms with Gasteiger partial charge in [-0.3, -0.25) is 5.10 Å². The number of hydrogen-bond donors (Lipinski definition) is 2. The van der Waals surface area contributed by atoms with E-state index in [9.17, 15) is 5.26 Å². The summed E-state index contributed by atoms with van der Waals surface area (Å²) in [5.74, 6) is -0.0307. The standard InChI is InChI=1S/C16H14Cl2N4O/c1-2-4-11-13-12(8-5-3-6-10(17)14(8)18)9(7-19)15(20)23-16(13)22-21-11/h3,5-6,12H,2,4,20H2,1H3,(H,21,22)/t12-/m0/s1. The number of halogens is 2. The molecule has 7 heteroatoms.